The second-order valence-electron chi connectivity index (χ2n) is 8.38. The van der Waals surface area contributed by atoms with Gasteiger partial charge in [-0.3, -0.25) is 0 Å². The molecule has 0 aromatic heterocycles. The lowest BCUT2D eigenvalue weighted by Gasteiger charge is -2.41. The van der Waals surface area contributed by atoms with Gasteiger partial charge in [-0.15, -0.1) is 0 Å². The van der Waals surface area contributed by atoms with Crippen LogP contribution < -0.4 is 4.74 Å². The Morgan fingerprint density at radius 2 is 1.88 bits per heavy atom. The van der Waals surface area contributed by atoms with E-state index in [1.165, 1.54) is 49.7 Å². The summed E-state index contributed by atoms with van der Waals surface area (Å²) in [6.45, 7) is 4.46. The van der Waals surface area contributed by atoms with Crippen molar-refractivity contribution in [2.24, 2.45) is 17.8 Å². The lowest BCUT2D eigenvalue weighted by atomic mass is 9.68. The van der Waals surface area contributed by atoms with Crippen molar-refractivity contribution in [3.8, 4) is 5.75 Å². The summed E-state index contributed by atoms with van der Waals surface area (Å²) in [5.74, 6) is 3.20. The van der Waals surface area contributed by atoms with Crippen LogP contribution in [-0.2, 0) is 6.42 Å². The molecule has 4 atom stereocenters. The molecule has 0 bridgehead atoms. The first-order valence-corrected chi connectivity index (χ1v) is 10.5. The van der Waals surface area contributed by atoms with Crippen LogP contribution in [0.2, 0.25) is 5.02 Å². The first-order chi connectivity index (χ1) is 12.6. The first-order valence-electron chi connectivity index (χ1n) is 10.1. The molecular weight excluding hydrogens is 340 g/mol. The minimum atomic E-state index is 0.163. The highest BCUT2D eigenvalue weighted by atomic mass is 35.5. The van der Waals surface area contributed by atoms with Gasteiger partial charge in [0, 0.05) is 10.9 Å². The van der Waals surface area contributed by atoms with Crippen LogP contribution in [0.5, 0.6) is 5.75 Å². The number of hydrogen-bond acceptors (Lipinski definition) is 1. The van der Waals surface area contributed by atoms with E-state index in [-0.39, 0.29) is 6.10 Å². The van der Waals surface area contributed by atoms with E-state index in [0.29, 0.717) is 5.92 Å². The van der Waals surface area contributed by atoms with E-state index in [1.807, 2.05) is 19.1 Å². The third-order valence-corrected chi connectivity index (χ3v) is 6.90. The van der Waals surface area contributed by atoms with E-state index in [0.717, 1.165) is 28.2 Å². The van der Waals surface area contributed by atoms with Crippen molar-refractivity contribution in [1.29, 1.82) is 0 Å². The van der Waals surface area contributed by atoms with Gasteiger partial charge in [0.05, 0.1) is 0 Å². The molecule has 1 saturated carbocycles. The maximum atomic E-state index is 6.66. The fourth-order valence-electron chi connectivity index (χ4n) is 5.08. The van der Waals surface area contributed by atoms with Gasteiger partial charge < -0.3 is 4.74 Å². The molecule has 0 N–H and O–H groups in total. The van der Waals surface area contributed by atoms with Gasteiger partial charge in [-0.1, -0.05) is 62.1 Å². The fraction of sp³-hybridized carbons (Fsp3) is 0.500. The number of benzene rings is 2. The number of aryl methyl sites for hydroxylation is 2. The van der Waals surface area contributed by atoms with Crippen LogP contribution in [0.1, 0.15) is 61.8 Å². The summed E-state index contributed by atoms with van der Waals surface area (Å²) in [6, 6.07) is 14.9. The summed E-state index contributed by atoms with van der Waals surface area (Å²) in [7, 11) is 0. The Morgan fingerprint density at radius 1 is 1.04 bits per heavy atom. The zero-order chi connectivity index (χ0) is 18.1. The molecule has 0 spiro atoms. The number of halogens is 1. The smallest absolute Gasteiger partial charge is 0.127 e. The van der Waals surface area contributed by atoms with Crippen LogP contribution in [0.4, 0.5) is 0 Å². The molecule has 1 nitrogen and oxygen atoms in total. The van der Waals surface area contributed by atoms with Gasteiger partial charge in [-0.05, 0) is 72.9 Å². The molecular formula is C24H29ClO. The van der Waals surface area contributed by atoms with Crippen LogP contribution >= 0.6 is 11.6 Å². The highest BCUT2D eigenvalue weighted by molar-refractivity contribution is 6.31. The van der Waals surface area contributed by atoms with Crippen LogP contribution in [0, 0.1) is 24.7 Å². The van der Waals surface area contributed by atoms with Crippen LogP contribution in [0.3, 0.4) is 0 Å². The standard InChI is InChI=1S/C24H29ClO/c1-16-6-5-8-19(14-16)22-12-10-18-7-3-4-9-21(18)24(22)26-20-11-13-23(25)17(2)15-20/h3-4,7,9,11,13,15-16,19,22,24H,5-6,8,10,12,14H2,1-2H3. The van der Waals surface area contributed by atoms with Gasteiger partial charge in [0.2, 0.25) is 0 Å². The number of fused-ring (bicyclic) bond motifs is 1. The van der Waals surface area contributed by atoms with E-state index < -0.39 is 0 Å². The van der Waals surface area contributed by atoms with Crippen molar-refractivity contribution >= 4 is 11.6 Å². The molecule has 0 radical (unpaired) electrons. The van der Waals surface area contributed by atoms with Gasteiger partial charge in [0.25, 0.3) is 0 Å². The average Bonchev–Trinajstić information content (AvgIpc) is 2.65. The van der Waals surface area contributed by atoms with E-state index in [1.54, 1.807) is 0 Å². The Labute approximate surface area is 162 Å². The van der Waals surface area contributed by atoms with E-state index in [4.69, 9.17) is 16.3 Å². The molecule has 4 rings (SSSR count). The van der Waals surface area contributed by atoms with Crippen molar-refractivity contribution in [3.05, 3.63) is 64.2 Å². The van der Waals surface area contributed by atoms with Gasteiger partial charge in [0.1, 0.15) is 11.9 Å². The molecule has 2 aromatic carbocycles. The number of hydrogen-bond donors (Lipinski definition) is 0. The summed E-state index contributed by atoms with van der Waals surface area (Å²) in [5.41, 5.74) is 3.94. The summed E-state index contributed by atoms with van der Waals surface area (Å²) >= 11 is 6.22. The summed E-state index contributed by atoms with van der Waals surface area (Å²) in [6.07, 6.45) is 8.06. The summed E-state index contributed by atoms with van der Waals surface area (Å²) < 4.78 is 6.66. The zero-order valence-electron chi connectivity index (χ0n) is 15.9. The molecule has 2 aromatic rings. The molecule has 1 fully saturated rings. The lowest BCUT2D eigenvalue weighted by Crippen LogP contribution is -2.33. The SMILES string of the molecule is Cc1cc(OC2c3ccccc3CCC2C2CCCC(C)C2)ccc1Cl. The second kappa shape index (κ2) is 7.64. The lowest BCUT2D eigenvalue weighted by molar-refractivity contribution is 0.0547. The van der Waals surface area contributed by atoms with Crippen LogP contribution in [-0.4, -0.2) is 0 Å². The first kappa shape index (κ1) is 17.9. The maximum Gasteiger partial charge on any atom is 0.127 e. The van der Waals surface area contributed by atoms with E-state index >= 15 is 0 Å². The third-order valence-electron chi connectivity index (χ3n) is 6.47. The molecule has 2 heteroatoms. The molecule has 26 heavy (non-hydrogen) atoms. The predicted octanol–water partition coefficient (Wildman–Crippen LogP) is 7.16. The Morgan fingerprint density at radius 3 is 2.69 bits per heavy atom. The zero-order valence-corrected chi connectivity index (χ0v) is 16.6. The quantitative estimate of drug-likeness (QED) is 0.558. The van der Waals surface area contributed by atoms with E-state index in [9.17, 15) is 0 Å². The highest BCUT2D eigenvalue weighted by Gasteiger charge is 2.37. The Kier molecular flexibility index (Phi) is 5.27. The van der Waals surface area contributed by atoms with Crippen LogP contribution in [0.25, 0.3) is 0 Å². The molecule has 0 saturated heterocycles. The topological polar surface area (TPSA) is 9.23 Å². The van der Waals surface area contributed by atoms with Crippen molar-refractivity contribution < 1.29 is 4.74 Å². The molecule has 4 unspecified atom stereocenters. The molecule has 2 aliphatic carbocycles. The Bertz CT molecular complexity index is 769. The average molecular weight is 369 g/mol. The normalized spacial score (nSPS) is 28.4. The second-order valence-corrected chi connectivity index (χ2v) is 8.79. The van der Waals surface area contributed by atoms with E-state index in [2.05, 4.69) is 37.3 Å². The number of ether oxygens (including phenoxy) is 1. The predicted molar refractivity (Wildman–Crippen MR) is 109 cm³/mol. The van der Waals surface area contributed by atoms with Gasteiger partial charge in [0.15, 0.2) is 0 Å². The third kappa shape index (κ3) is 3.64. The van der Waals surface area contributed by atoms with Gasteiger partial charge in [-0.2, -0.15) is 0 Å². The van der Waals surface area contributed by atoms with Crippen molar-refractivity contribution in [1.82, 2.24) is 0 Å². The Hall–Kier alpha value is -1.47. The summed E-state index contributed by atoms with van der Waals surface area (Å²) in [5, 5.41) is 0.805. The molecule has 2 aliphatic rings. The van der Waals surface area contributed by atoms with Crippen LogP contribution in [0.15, 0.2) is 42.5 Å². The molecule has 0 heterocycles. The monoisotopic (exact) mass is 368 g/mol. The Balaban J connectivity index is 1.66. The number of rotatable bonds is 3. The van der Waals surface area contributed by atoms with Crippen molar-refractivity contribution in [2.75, 3.05) is 0 Å². The highest BCUT2D eigenvalue weighted by Crippen LogP contribution is 2.46. The van der Waals surface area contributed by atoms with Crippen molar-refractivity contribution in [2.45, 2.75) is 58.5 Å². The maximum absolute atomic E-state index is 6.66. The molecule has 0 amide bonds. The van der Waals surface area contributed by atoms with Gasteiger partial charge >= 0.3 is 0 Å². The minimum Gasteiger partial charge on any atom is -0.485 e. The van der Waals surface area contributed by atoms with Crippen molar-refractivity contribution in [3.63, 3.8) is 0 Å². The summed E-state index contributed by atoms with van der Waals surface area (Å²) in [4.78, 5) is 0. The molecule has 138 valence electrons. The van der Waals surface area contributed by atoms with Gasteiger partial charge in [-0.25, -0.2) is 0 Å². The fourth-order valence-corrected chi connectivity index (χ4v) is 5.20. The minimum absolute atomic E-state index is 0.163. The molecule has 0 aliphatic heterocycles. The largest absolute Gasteiger partial charge is 0.485 e.